The number of aromatic nitrogens is 1. The van der Waals surface area contributed by atoms with E-state index in [1.807, 2.05) is 12.4 Å². The number of nitrogens with zero attached hydrogens (tertiary/aromatic N) is 1. The van der Waals surface area contributed by atoms with E-state index in [0.29, 0.717) is 12.0 Å². The molecule has 0 fully saturated rings. The third-order valence-electron chi connectivity index (χ3n) is 3.30. The second-order valence-electron chi connectivity index (χ2n) is 4.72. The van der Waals surface area contributed by atoms with Crippen LogP contribution >= 0.6 is 0 Å². The second-order valence-corrected chi connectivity index (χ2v) is 4.72. The summed E-state index contributed by atoms with van der Waals surface area (Å²) in [4.78, 5) is 4.04. The molecule has 0 bridgehead atoms. The fourth-order valence-electron chi connectivity index (χ4n) is 2.02. The first-order valence-corrected chi connectivity index (χ1v) is 6.45. The molecule has 0 saturated heterocycles. The third kappa shape index (κ3) is 3.41. The van der Waals surface area contributed by atoms with E-state index < -0.39 is 0 Å². The summed E-state index contributed by atoms with van der Waals surface area (Å²) >= 11 is 0. The van der Waals surface area contributed by atoms with Crippen molar-refractivity contribution in [2.75, 3.05) is 6.54 Å². The van der Waals surface area contributed by atoms with E-state index in [-0.39, 0.29) is 0 Å². The molecule has 2 aromatic rings. The van der Waals surface area contributed by atoms with Crippen molar-refractivity contribution in [2.24, 2.45) is 0 Å². The Morgan fingerprint density at radius 3 is 2.28 bits per heavy atom. The summed E-state index contributed by atoms with van der Waals surface area (Å²) in [7, 11) is 0. The first-order chi connectivity index (χ1) is 8.77. The molecule has 0 radical (unpaired) electrons. The minimum absolute atomic E-state index is 0.360. The Hall–Kier alpha value is -1.67. The molecule has 2 atom stereocenters. The number of hydrogen-bond donors (Lipinski definition) is 1. The summed E-state index contributed by atoms with van der Waals surface area (Å²) in [6.07, 6.45) is 3.68. The molecule has 1 heterocycles. The van der Waals surface area contributed by atoms with Crippen molar-refractivity contribution in [1.29, 1.82) is 0 Å². The first-order valence-electron chi connectivity index (χ1n) is 6.45. The number of benzene rings is 1. The molecule has 94 valence electrons. The molecular formula is C16H20N2. The molecule has 2 nitrogen and oxygen atoms in total. The number of pyridine rings is 1. The van der Waals surface area contributed by atoms with Crippen LogP contribution in [0.4, 0.5) is 0 Å². The van der Waals surface area contributed by atoms with Crippen LogP contribution in [0.25, 0.3) is 0 Å². The molecule has 18 heavy (non-hydrogen) atoms. The molecule has 0 aliphatic carbocycles. The van der Waals surface area contributed by atoms with Crippen LogP contribution in [0.15, 0.2) is 54.9 Å². The smallest absolute Gasteiger partial charge is 0.0293 e. The van der Waals surface area contributed by atoms with Gasteiger partial charge in [0.1, 0.15) is 0 Å². The molecular weight excluding hydrogens is 220 g/mol. The van der Waals surface area contributed by atoms with Gasteiger partial charge < -0.3 is 5.32 Å². The fourth-order valence-corrected chi connectivity index (χ4v) is 2.02. The topological polar surface area (TPSA) is 24.9 Å². The van der Waals surface area contributed by atoms with Crippen molar-refractivity contribution in [2.45, 2.75) is 25.8 Å². The predicted octanol–water partition coefficient (Wildman–Crippen LogP) is 3.54. The summed E-state index contributed by atoms with van der Waals surface area (Å²) in [5.41, 5.74) is 2.66. The summed E-state index contributed by atoms with van der Waals surface area (Å²) < 4.78 is 0. The fraction of sp³-hybridized carbons (Fsp3) is 0.312. The van der Waals surface area contributed by atoms with E-state index in [2.05, 4.69) is 66.6 Å². The molecule has 0 amide bonds. The zero-order valence-electron chi connectivity index (χ0n) is 11.0. The predicted molar refractivity (Wildman–Crippen MR) is 75.5 cm³/mol. The Balaban J connectivity index is 1.89. The highest BCUT2D eigenvalue weighted by Crippen LogP contribution is 2.16. The molecule has 1 unspecified atom stereocenters. The maximum atomic E-state index is 4.04. The molecule has 0 aliphatic rings. The summed E-state index contributed by atoms with van der Waals surface area (Å²) in [5, 5.41) is 3.57. The van der Waals surface area contributed by atoms with Crippen molar-refractivity contribution < 1.29 is 0 Å². The SMILES string of the molecule is CC(CN[C@H](C)c1ccncc1)c1ccccc1. The van der Waals surface area contributed by atoms with Crippen molar-refractivity contribution >= 4 is 0 Å². The molecule has 1 aromatic carbocycles. The molecule has 1 aromatic heterocycles. The highest BCUT2D eigenvalue weighted by atomic mass is 14.9. The van der Waals surface area contributed by atoms with Gasteiger partial charge in [-0.2, -0.15) is 0 Å². The lowest BCUT2D eigenvalue weighted by Crippen LogP contribution is -2.23. The Kier molecular flexibility index (Phi) is 4.48. The Labute approximate surface area is 109 Å². The minimum Gasteiger partial charge on any atom is -0.310 e. The van der Waals surface area contributed by atoms with Crippen molar-refractivity contribution in [3.63, 3.8) is 0 Å². The maximum Gasteiger partial charge on any atom is 0.0293 e. The van der Waals surface area contributed by atoms with Gasteiger partial charge in [-0.3, -0.25) is 4.98 Å². The van der Waals surface area contributed by atoms with Gasteiger partial charge in [0.05, 0.1) is 0 Å². The Morgan fingerprint density at radius 2 is 1.61 bits per heavy atom. The quantitative estimate of drug-likeness (QED) is 0.864. The molecule has 0 spiro atoms. The van der Waals surface area contributed by atoms with Gasteiger partial charge in [0.2, 0.25) is 0 Å². The lowest BCUT2D eigenvalue weighted by molar-refractivity contribution is 0.537. The van der Waals surface area contributed by atoms with Crippen LogP contribution in [0.5, 0.6) is 0 Å². The van der Waals surface area contributed by atoms with Crippen LogP contribution in [0.3, 0.4) is 0 Å². The van der Waals surface area contributed by atoms with Gasteiger partial charge in [-0.25, -0.2) is 0 Å². The van der Waals surface area contributed by atoms with Gasteiger partial charge in [0.15, 0.2) is 0 Å². The van der Waals surface area contributed by atoms with Gasteiger partial charge in [0, 0.05) is 25.0 Å². The highest BCUT2D eigenvalue weighted by molar-refractivity contribution is 5.19. The van der Waals surface area contributed by atoms with Gasteiger partial charge in [-0.15, -0.1) is 0 Å². The maximum absolute atomic E-state index is 4.04. The average molecular weight is 240 g/mol. The lowest BCUT2D eigenvalue weighted by atomic mass is 10.0. The Bertz CT molecular complexity index is 408. The van der Waals surface area contributed by atoms with Gasteiger partial charge >= 0.3 is 0 Å². The van der Waals surface area contributed by atoms with Crippen LogP contribution in [0.2, 0.25) is 0 Å². The van der Waals surface area contributed by atoms with Crippen molar-refractivity contribution in [3.05, 3.63) is 66.0 Å². The standard InChI is InChI=1S/C16H20N2/c1-13(15-6-4-3-5-7-15)12-18-14(2)16-8-10-17-11-9-16/h3-11,13-14,18H,12H2,1-2H3/t13?,14-/m1/s1. The van der Waals surface area contributed by atoms with Crippen LogP contribution < -0.4 is 5.32 Å². The average Bonchev–Trinajstić information content (AvgIpc) is 2.46. The van der Waals surface area contributed by atoms with Crippen molar-refractivity contribution in [1.82, 2.24) is 10.3 Å². The van der Waals surface area contributed by atoms with E-state index in [4.69, 9.17) is 0 Å². The van der Waals surface area contributed by atoms with E-state index in [9.17, 15) is 0 Å². The van der Waals surface area contributed by atoms with E-state index in [1.165, 1.54) is 11.1 Å². The van der Waals surface area contributed by atoms with Crippen LogP contribution in [0.1, 0.15) is 36.9 Å². The van der Waals surface area contributed by atoms with Gasteiger partial charge in [-0.1, -0.05) is 37.3 Å². The largest absolute Gasteiger partial charge is 0.310 e. The van der Waals surface area contributed by atoms with Crippen LogP contribution in [0, 0.1) is 0 Å². The van der Waals surface area contributed by atoms with Crippen molar-refractivity contribution in [3.8, 4) is 0 Å². The Morgan fingerprint density at radius 1 is 0.944 bits per heavy atom. The summed E-state index contributed by atoms with van der Waals surface area (Å²) in [6, 6.07) is 15.1. The molecule has 2 heteroatoms. The van der Waals surface area contributed by atoms with E-state index >= 15 is 0 Å². The van der Waals surface area contributed by atoms with Crippen LogP contribution in [-0.4, -0.2) is 11.5 Å². The number of nitrogens with one attached hydrogen (secondary N) is 1. The summed E-state index contributed by atoms with van der Waals surface area (Å²) in [6.45, 7) is 5.42. The number of hydrogen-bond acceptors (Lipinski definition) is 2. The van der Waals surface area contributed by atoms with E-state index in [0.717, 1.165) is 6.54 Å². The first kappa shape index (κ1) is 12.8. The molecule has 0 aliphatic heterocycles. The van der Waals surface area contributed by atoms with Crippen LogP contribution in [-0.2, 0) is 0 Å². The zero-order valence-corrected chi connectivity index (χ0v) is 11.0. The lowest BCUT2D eigenvalue weighted by Gasteiger charge is -2.18. The normalized spacial score (nSPS) is 14.1. The highest BCUT2D eigenvalue weighted by Gasteiger charge is 2.08. The zero-order chi connectivity index (χ0) is 12.8. The molecule has 0 saturated carbocycles. The van der Waals surface area contributed by atoms with E-state index in [1.54, 1.807) is 0 Å². The van der Waals surface area contributed by atoms with Gasteiger partial charge in [0.25, 0.3) is 0 Å². The number of rotatable bonds is 5. The summed E-state index contributed by atoms with van der Waals surface area (Å²) in [5.74, 6) is 0.524. The minimum atomic E-state index is 0.360. The second kappa shape index (κ2) is 6.31. The monoisotopic (exact) mass is 240 g/mol. The molecule has 2 rings (SSSR count). The third-order valence-corrected chi connectivity index (χ3v) is 3.30. The molecule has 1 N–H and O–H groups in total. The van der Waals surface area contributed by atoms with Gasteiger partial charge in [-0.05, 0) is 36.1 Å².